The van der Waals surface area contributed by atoms with Crippen LogP contribution in [0.5, 0.6) is 5.75 Å². The molecule has 0 radical (unpaired) electrons. The van der Waals surface area contributed by atoms with E-state index in [1.165, 1.54) is 0 Å². The predicted molar refractivity (Wildman–Crippen MR) is 57.4 cm³/mol. The van der Waals surface area contributed by atoms with Crippen molar-refractivity contribution in [2.75, 3.05) is 6.16 Å². The highest BCUT2D eigenvalue weighted by molar-refractivity contribution is 7.16. The quantitative estimate of drug-likeness (QED) is 0.385. The lowest BCUT2D eigenvalue weighted by molar-refractivity contribution is 0.469. The lowest BCUT2D eigenvalue weighted by Crippen LogP contribution is -2.11. The fourth-order valence-electron chi connectivity index (χ4n) is 1.11. The van der Waals surface area contributed by atoms with Crippen LogP contribution in [0.2, 0.25) is 0 Å². The van der Waals surface area contributed by atoms with Crippen LogP contribution < -0.4 is 5.73 Å². The van der Waals surface area contributed by atoms with Crippen LogP contribution >= 0.6 is 9.24 Å². The smallest absolute Gasteiger partial charge is 0.122 e. The number of rotatable bonds is 3. The molecule has 0 amide bonds. The summed E-state index contributed by atoms with van der Waals surface area (Å²) < 4.78 is 0. The van der Waals surface area contributed by atoms with Gasteiger partial charge >= 0.3 is 0 Å². The molecule has 13 heavy (non-hydrogen) atoms. The number of phenolic OH excluding ortho intramolecular Hbond substituents is 1. The number of amidine groups is 1. The lowest BCUT2D eigenvalue weighted by Gasteiger charge is -2.05. The molecule has 3 nitrogen and oxygen atoms in total. The van der Waals surface area contributed by atoms with E-state index < -0.39 is 0 Å². The second kappa shape index (κ2) is 4.24. The fourth-order valence-corrected chi connectivity index (χ4v) is 1.42. The van der Waals surface area contributed by atoms with Gasteiger partial charge in [0.2, 0.25) is 0 Å². The normalized spacial score (nSPS) is 9.92. The molecule has 1 unspecified atom stereocenters. The number of nitrogens with two attached hydrogens (primary N) is 1. The molecule has 0 heterocycles. The van der Waals surface area contributed by atoms with Gasteiger partial charge in [-0.3, -0.25) is 5.41 Å². The van der Waals surface area contributed by atoms with Crippen molar-refractivity contribution in [2.45, 2.75) is 6.42 Å². The molecular formula is C9H13N2OP. The van der Waals surface area contributed by atoms with Crippen molar-refractivity contribution in [2.24, 2.45) is 5.73 Å². The molecule has 0 spiro atoms. The molecule has 0 bridgehead atoms. The first kappa shape index (κ1) is 10.0. The monoisotopic (exact) mass is 196 g/mol. The number of nitrogen functional groups attached to an aromatic ring is 1. The van der Waals surface area contributed by atoms with Gasteiger partial charge in [0.25, 0.3) is 0 Å². The molecule has 0 aliphatic heterocycles. The van der Waals surface area contributed by atoms with E-state index >= 15 is 0 Å². The third kappa shape index (κ3) is 2.43. The summed E-state index contributed by atoms with van der Waals surface area (Å²) in [6, 6.07) is 4.97. The molecule has 0 aliphatic rings. The Labute approximate surface area is 79.7 Å². The number of hydrogen-bond acceptors (Lipinski definition) is 2. The van der Waals surface area contributed by atoms with Gasteiger partial charge in [0.05, 0.1) is 0 Å². The molecule has 1 atom stereocenters. The van der Waals surface area contributed by atoms with E-state index in [4.69, 9.17) is 11.1 Å². The average Bonchev–Trinajstić information content (AvgIpc) is 2.08. The first-order valence-corrected chi connectivity index (χ1v) is 4.83. The minimum atomic E-state index is 0.0324. The number of hydrogen-bond donors (Lipinski definition) is 3. The Hall–Kier alpha value is -1.08. The summed E-state index contributed by atoms with van der Waals surface area (Å²) in [6.45, 7) is 0. The minimum absolute atomic E-state index is 0.0324. The van der Waals surface area contributed by atoms with Crippen molar-refractivity contribution in [1.82, 2.24) is 0 Å². The largest absolute Gasteiger partial charge is 0.508 e. The lowest BCUT2D eigenvalue weighted by atomic mass is 10.1. The maximum absolute atomic E-state index is 9.43. The number of benzene rings is 1. The first-order chi connectivity index (χ1) is 6.15. The van der Waals surface area contributed by atoms with Crippen molar-refractivity contribution in [3.63, 3.8) is 0 Å². The van der Waals surface area contributed by atoms with Crippen molar-refractivity contribution in [3.8, 4) is 5.75 Å². The summed E-state index contributed by atoms with van der Waals surface area (Å²) in [6.07, 6.45) is 1.66. The summed E-state index contributed by atoms with van der Waals surface area (Å²) in [7, 11) is 2.59. The zero-order valence-electron chi connectivity index (χ0n) is 7.25. The maximum atomic E-state index is 9.43. The van der Waals surface area contributed by atoms with E-state index in [2.05, 4.69) is 9.24 Å². The second-order valence-electron chi connectivity index (χ2n) is 2.80. The Bertz CT molecular complexity index is 325. The van der Waals surface area contributed by atoms with Crippen LogP contribution in [0.25, 0.3) is 0 Å². The Balaban J connectivity index is 3.03. The van der Waals surface area contributed by atoms with Gasteiger partial charge in [-0.15, -0.1) is 9.24 Å². The van der Waals surface area contributed by atoms with Crippen LogP contribution in [0.15, 0.2) is 18.2 Å². The summed E-state index contributed by atoms with van der Waals surface area (Å²) in [5.74, 6) is 0.303. The molecular weight excluding hydrogens is 183 g/mol. The topological polar surface area (TPSA) is 70.1 Å². The van der Waals surface area contributed by atoms with E-state index in [-0.39, 0.29) is 11.6 Å². The van der Waals surface area contributed by atoms with Crippen LogP contribution in [0, 0.1) is 5.41 Å². The molecule has 1 rings (SSSR count). The van der Waals surface area contributed by atoms with Crippen LogP contribution in [-0.2, 0) is 6.42 Å². The highest BCUT2D eigenvalue weighted by Crippen LogP contribution is 2.19. The third-order valence-corrected chi connectivity index (χ3v) is 2.09. The van der Waals surface area contributed by atoms with E-state index in [0.717, 1.165) is 18.1 Å². The number of aryl methyl sites for hydroxylation is 1. The van der Waals surface area contributed by atoms with Crippen LogP contribution in [-0.4, -0.2) is 17.1 Å². The molecule has 1 aromatic carbocycles. The van der Waals surface area contributed by atoms with Gasteiger partial charge in [-0.2, -0.15) is 0 Å². The van der Waals surface area contributed by atoms with Crippen molar-refractivity contribution >= 4 is 15.1 Å². The average molecular weight is 196 g/mol. The van der Waals surface area contributed by atoms with E-state index in [9.17, 15) is 5.11 Å². The molecule has 0 aliphatic carbocycles. The zero-order chi connectivity index (χ0) is 9.84. The van der Waals surface area contributed by atoms with Gasteiger partial charge in [-0.25, -0.2) is 0 Å². The van der Waals surface area contributed by atoms with Gasteiger partial charge in [0.1, 0.15) is 11.6 Å². The van der Waals surface area contributed by atoms with Crippen LogP contribution in [0.1, 0.15) is 11.1 Å². The van der Waals surface area contributed by atoms with Crippen LogP contribution in [0.4, 0.5) is 0 Å². The van der Waals surface area contributed by atoms with E-state index in [0.29, 0.717) is 5.56 Å². The summed E-state index contributed by atoms with van der Waals surface area (Å²) in [5, 5.41) is 16.7. The summed E-state index contributed by atoms with van der Waals surface area (Å²) >= 11 is 0. The standard InChI is InChI=1S/C9H13N2OP/c10-9(11)7-1-2-8(12)6(5-7)3-4-13/h1-2,5,12H,3-4,13H2,(H3,10,11). The second-order valence-corrected chi connectivity index (χ2v) is 3.37. The highest BCUT2D eigenvalue weighted by atomic mass is 31.0. The van der Waals surface area contributed by atoms with E-state index in [1.54, 1.807) is 18.2 Å². The Morgan fingerprint density at radius 1 is 1.54 bits per heavy atom. The molecule has 1 aromatic rings. The maximum Gasteiger partial charge on any atom is 0.122 e. The van der Waals surface area contributed by atoms with Gasteiger partial charge < -0.3 is 10.8 Å². The summed E-state index contributed by atoms with van der Waals surface area (Å²) in [5.41, 5.74) is 6.82. The molecule has 0 aromatic heterocycles. The third-order valence-electron chi connectivity index (χ3n) is 1.80. The van der Waals surface area contributed by atoms with Crippen molar-refractivity contribution in [3.05, 3.63) is 29.3 Å². The number of aromatic hydroxyl groups is 1. The van der Waals surface area contributed by atoms with Crippen molar-refractivity contribution < 1.29 is 5.11 Å². The Morgan fingerprint density at radius 2 is 2.23 bits per heavy atom. The Morgan fingerprint density at radius 3 is 2.77 bits per heavy atom. The molecule has 0 fully saturated rings. The number of phenols is 1. The molecule has 70 valence electrons. The molecule has 0 saturated heterocycles. The molecule has 4 N–H and O–H groups in total. The molecule has 0 saturated carbocycles. The highest BCUT2D eigenvalue weighted by Gasteiger charge is 2.03. The minimum Gasteiger partial charge on any atom is -0.508 e. The Kier molecular flexibility index (Phi) is 3.26. The van der Waals surface area contributed by atoms with Crippen LogP contribution in [0.3, 0.4) is 0 Å². The first-order valence-electron chi connectivity index (χ1n) is 4.01. The predicted octanol–water partition coefficient (Wildman–Crippen LogP) is 1.09. The van der Waals surface area contributed by atoms with Gasteiger partial charge in [-0.1, -0.05) is 0 Å². The molecule has 4 heteroatoms. The van der Waals surface area contributed by atoms with Gasteiger partial charge in [-0.05, 0) is 36.3 Å². The van der Waals surface area contributed by atoms with Gasteiger partial charge in [0, 0.05) is 5.56 Å². The summed E-state index contributed by atoms with van der Waals surface area (Å²) in [4.78, 5) is 0. The fraction of sp³-hybridized carbons (Fsp3) is 0.222. The van der Waals surface area contributed by atoms with Gasteiger partial charge in [0.15, 0.2) is 0 Å². The number of nitrogens with one attached hydrogen (secondary N) is 1. The van der Waals surface area contributed by atoms with E-state index in [1.807, 2.05) is 0 Å². The van der Waals surface area contributed by atoms with Crippen molar-refractivity contribution in [1.29, 1.82) is 5.41 Å². The SMILES string of the molecule is N=C(N)c1ccc(O)c(CCP)c1. The zero-order valence-corrected chi connectivity index (χ0v) is 8.40.